The van der Waals surface area contributed by atoms with Crippen LogP contribution in [0.25, 0.3) is 0 Å². The van der Waals surface area contributed by atoms with E-state index in [0.29, 0.717) is 13.0 Å². The summed E-state index contributed by atoms with van der Waals surface area (Å²) < 4.78 is 10.3. The summed E-state index contributed by atoms with van der Waals surface area (Å²) in [6, 6.07) is 7.18. The van der Waals surface area contributed by atoms with Gasteiger partial charge in [-0.2, -0.15) is 0 Å². The van der Waals surface area contributed by atoms with Crippen LogP contribution in [-0.4, -0.2) is 24.8 Å². The van der Waals surface area contributed by atoms with E-state index in [-0.39, 0.29) is 6.42 Å². The van der Waals surface area contributed by atoms with E-state index in [0.717, 1.165) is 11.5 Å². The zero-order valence-electron chi connectivity index (χ0n) is 8.60. The van der Waals surface area contributed by atoms with Crippen LogP contribution >= 0.6 is 0 Å². The Morgan fingerprint density at radius 3 is 2.40 bits per heavy atom. The number of hydrogen-bond donors (Lipinski definition) is 1. The zero-order chi connectivity index (χ0) is 11.1. The molecule has 0 aliphatic rings. The Balaban J connectivity index is 2.28. The molecule has 0 saturated heterocycles. The van der Waals surface area contributed by atoms with Gasteiger partial charge in [-0.1, -0.05) is 0 Å². The Hall–Kier alpha value is -1.71. The van der Waals surface area contributed by atoms with Gasteiger partial charge >= 0.3 is 5.97 Å². The number of methoxy groups -OCH3 is 1. The smallest absolute Gasteiger partial charge is 0.303 e. The van der Waals surface area contributed by atoms with Crippen LogP contribution < -0.4 is 9.47 Å². The van der Waals surface area contributed by atoms with Gasteiger partial charge < -0.3 is 14.6 Å². The van der Waals surface area contributed by atoms with Crippen molar-refractivity contribution in [3.8, 4) is 11.5 Å². The van der Waals surface area contributed by atoms with Gasteiger partial charge in [-0.15, -0.1) is 0 Å². The van der Waals surface area contributed by atoms with Gasteiger partial charge in [0.05, 0.1) is 13.7 Å². The van der Waals surface area contributed by atoms with Crippen LogP contribution in [0.1, 0.15) is 12.8 Å². The van der Waals surface area contributed by atoms with Gasteiger partial charge in [0.2, 0.25) is 0 Å². The first-order valence-electron chi connectivity index (χ1n) is 4.71. The highest BCUT2D eigenvalue weighted by Gasteiger charge is 1.98. The van der Waals surface area contributed by atoms with E-state index in [1.54, 1.807) is 31.4 Å². The lowest BCUT2D eigenvalue weighted by Gasteiger charge is -2.05. The van der Waals surface area contributed by atoms with E-state index < -0.39 is 5.97 Å². The average molecular weight is 210 g/mol. The molecule has 4 heteroatoms. The maximum absolute atomic E-state index is 10.2. The lowest BCUT2D eigenvalue weighted by Crippen LogP contribution is -2.01. The molecule has 0 heterocycles. The number of aliphatic carboxylic acids is 1. The summed E-state index contributed by atoms with van der Waals surface area (Å²) in [5.41, 5.74) is 0. The van der Waals surface area contributed by atoms with E-state index in [4.69, 9.17) is 14.6 Å². The largest absolute Gasteiger partial charge is 0.497 e. The van der Waals surface area contributed by atoms with Crippen LogP contribution in [0, 0.1) is 0 Å². The minimum absolute atomic E-state index is 0.135. The van der Waals surface area contributed by atoms with Gasteiger partial charge in [-0.05, 0) is 30.7 Å². The second-order valence-corrected chi connectivity index (χ2v) is 3.02. The van der Waals surface area contributed by atoms with Crippen LogP contribution in [0.5, 0.6) is 11.5 Å². The molecule has 0 radical (unpaired) electrons. The van der Waals surface area contributed by atoms with Crippen molar-refractivity contribution < 1.29 is 19.4 Å². The first kappa shape index (κ1) is 11.4. The van der Waals surface area contributed by atoms with Crippen LogP contribution in [-0.2, 0) is 4.79 Å². The molecule has 0 saturated carbocycles. The molecule has 0 spiro atoms. The van der Waals surface area contributed by atoms with Crippen molar-refractivity contribution in [1.82, 2.24) is 0 Å². The van der Waals surface area contributed by atoms with Gasteiger partial charge in [0.1, 0.15) is 11.5 Å². The molecule has 1 N–H and O–H groups in total. The molecule has 1 rings (SSSR count). The highest BCUT2D eigenvalue weighted by Crippen LogP contribution is 2.17. The number of carboxylic acid groups (broad SMARTS) is 1. The predicted molar refractivity (Wildman–Crippen MR) is 55.4 cm³/mol. The normalized spacial score (nSPS) is 9.67. The monoisotopic (exact) mass is 210 g/mol. The third-order valence-corrected chi connectivity index (χ3v) is 1.86. The van der Waals surface area contributed by atoms with Crippen LogP contribution in [0.15, 0.2) is 24.3 Å². The minimum atomic E-state index is -0.798. The molecule has 1 aromatic rings. The topological polar surface area (TPSA) is 55.8 Å². The highest BCUT2D eigenvalue weighted by atomic mass is 16.5. The SMILES string of the molecule is COc1ccc(OCCCC(=O)O)cc1. The predicted octanol–water partition coefficient (Wildman–Crippen LogP) is 1.94. The van der Waals surface area contributed by atoms with Gasteiger partial charge in [0.25, 0.3) is 0 Å². The lowest BCUT2D eigenvalue weighted by atomic mass is 10.3. The second kappa shape index (κ2) is 5.90. The number of carboxylic acids is 1. The van der Waals surface area contributed by atoms with Crippen LogP contribution in [0.4, 0.5) is 0 Å². The van der Waals surface area contributed by atoms with E-state index >= 15 is 0 Å². The Morgan fingerprint density at radius 2 is 1.87 bits per heavy atom. The average Bonchev–Trinajstić information content (AvgIpc) is 2.25. The van der Waals surface area contributed by atoms with Crippen molar-refractivity contribution in [2.45, 2.75) is 12.8 Å². The van der Waals surface area contributed by atoms with E-state index in [9.17, 15) is 4.79 Å². The summed E-state index contributed by atoms with van der Waals surface area (Å²) in [5, 5.41) is 8.41. The number of hydrogen-bond acceptors (Lipinski definition) is 3. The standard InChI is InChI=1S/C11H14O4/c1-14-9-4-6-10(7-5-9)15-8-2-3-11(12)13/h4-7H,2-3,8H2,1H3,(H,12,13). The number of benzene rings is 1. The maximum atomic E-state index is 10.2. The number of carbonyl (C=O) groups is 1. The highest BCUT2D eigenvalue weighted by molar-refractivity contribution is 5.66. The van der Waals surface area contributed by atoms with Gasteiger partial charge in [0, 0.05) is 6.42 Å². The summed E-state index contributed by atoms with van der Waals surface area (Å²) in [7, 11) is 1.60. The Morgan fingerprint density at radius 1 is 1.27 bits per heavy atom. The fourth-order valence-corrected chi connectivity index (χ4v) is 1.09. The maximum Gasteiger partial charge on any atom is 0.303 e. The molecule has 0 atom stereocenters. The van der Waals surface area contributed by atoms with E-state index in [2.05, 4.69) is 0 Å². The first-order chi connectivity index (χ1) is 7.22. The van der Waals surface area contributed by atoms with E-state index in [1.807, 2.05) is 0 Å². The Labute approximate surface area is 88.4 Å². The van der Waals surface area contributed by atoms with Crippen molar-refractivity contribution in [3.63, 3.8) is 0 Å². The van der Waals surface area contributed by atoms with Crippen LogP contribution in [0.3, 0.4) is 0 Å². The molecular weight excluding hydrogens is 196 g/mol. The Kier molecular flexibility index (Phi) is 4.47. The fraction of sp³-hybridized carbons (Fsp3) is 0.364. The van der Waals surface area contributed by atoms with Gasteiger partial charge in [0.15, 0.2) is 0 Å². The third kappa shape index (κ3) is 4.35. The second-order valence-electron chi connectivity index (χ2n) is 3.02. The molecule has 0 unspecified atom stereocenters. The molecular formula is C11H14O4. The molecule has 4 nitrogen and oxygen atoms in total. The molecule has 1 aromatic carbocycles. The van der Waals surface area contributed by atoms with Crippen molar-refractivity contribution in [2.75, 3.05) is 13.7 Å². The molecule has 0 fully saturated rings. The fourth-order valence-electron chi connectivity index (χ4n) is 1.09. The molecule has 0 aliphatic carbocycles. The lowest BCUT2D eigenvalue weighted by molar-refractivity contribution is -0.137. The molecule has 0 aliphatic heterocycles. The van der Waals surface area contributed by atoms with Crippen molar-refractivity contribution >= 4 is 5.97 Å². The molecule has 15 heavy (non-hydrogen) atoms. The summed E-state index contributed by atoms with van der Waals surface area (Å²) in [6.07, 6.45) is 0.650. The van der Waals surface area contributed by atoms with Crippen LogP contribution in [0.2, 0.25) is 0 Å². The zero-order valence-corrected chi connectivity index (χ0v) is 8.60. The third-order valence-electron chi connectivity index (χ3n) is 1.86. The number of rotatable bonds is 6. The molecule has 0 bridgehead atoms. The first-order valence-corrected chi connectivity index (χ1v) is 4.71. The molecule has 82 valence electrons. The van der Waals surface area contributed by atoms with E-state index in [1.165, 1.54) is 0 Å². The number of ether oxygens (including phenoxy) is 2. The molecule has 0 aromatic heterocycles. The summed E-state index contributed by atoms with van der Waals surface area (Å²) >= 11 is 0. The molecule has 0 amide bonds. The van der Waals surface area contributed by atoms with Gasteiger partial charge in [-0.3, -0.25) is 4.79 Å². The van der Waals surface area contributed by atoms with Crippen molar-refractivity contribution in [2.24, 2.45) is 0 Å². The van der Waals surface area contributed by atoms with Gasteiger partial charge in [-0.25, -0.2) is 0 Å². The van der Waals surface area contributed by atoms with Crippen molar-refractivity contribution in [1.29, 1.82) is 0 Å². The minimum Gasteiger partial charge on any atom is -0.497 e. The summed E-state index contributed by atoms with van der Waals surface area (Å²) in [5.74, 6) is 0.697. The Bertz CT molecular complexity index is 305. The van der Waals surface area contributed by atoms with Crippen molar-refractivity contribution in [3.05, 3.63) is 24.3 Å². The quantitative estimate of drug-likeness (QED) is 0.729. The summed E-state index contributed by atoms with van der Waals surface area (Å²) in [4.78, 5) is 10.2. The summed E-state index contributed by atoms with van der Waals surface area (Å²) in [6.45, 7) is 0.415.